The van der Waals surface area contributed by atoms with Crippen LogP contribution in [-0.4, -0.2) is 51.1 Å². The Balaban J connectivity index is 1.19. The number of carbonyl (C=O) groups excluding carboxylic acids is 1. The van der Waals surface area contributed by atoms with Crippen molar-refractivity contribution in [2.75, 3.05) is 18.4 Å². The number of amides is 1. The van der Waals surface area contributed by atoms with Crippen LogP contribution in [0.5, 0.6) is 0 Å². The second kappa shape index (κ2) is 12.0. The van der Waals surface area contributed by atoms with E-state index >= 15 is 0 Å². The molecule has 0 radical (unpaired) electrons. The van der Waals surface area contributed by atoms with E-state index in [4.69, 9.17) is 9.72 Å². The molecular formula is C25H30N6O4. The Morgan fingerprint density at radius 1 is 1.17 bits per heavy atom. The zero-order chi connectivity index (χ0) is 24.5. The van der Waals surface area contributed by atoms with Crippen LogP contribution < -0.4 is 16.0 Å². The van der Waals surface area contributed by atoms with Crippen molar-refractivity contribution in [2.45, 2.75) is 45.0 Å². The van der Waals surface area contributed by atoms with Crippen molar-refractivity contribution in [2.24, 2.45) is 0 Å². The zero-order valence-electron chi connectivity index (χ0n) is 19.4. The van der Waals surface area contributed by atoms with Crippen LogP contribution in [0.1, 0.15) is 28.8 Å². The molecule has 3 heterocycles. The molecule has 0 aliphatic carbocycles. The Hall–Kier alpha value is -3.92. The highest BCUT2D eigenvalue weighted by molar-refractivity contribution is 5.80. The molecule has 0 saturated carbocycles. The molecule has 0 bridgehead atoms. The van der Waals surface area contributed by atoms with Crippen LogP contribution in [0.4, 0.5) is 10.6 Å². The molecule has 10 heteroatoms. The highest BCUT2D eigenvalue weighted by Gasteiger charge is 2.20. The SMILES string of the molecule is O=C(N[C@@H](CNCc1cnn(CCc2ccc3c(n2)NCCC3)c1)C(=O)O)OCc1ccccc1. The molecule has 1 aromatic carbocycles. The molecule has 4 N–H and O–H groups in total. The molecule has 1 amide bonds. The van der Waals surface area contributed by atoms with Gasteiger partial charge in [-0.1, -0.05) is 36.4 Å². The predicted molar refractivity (Wildman–Crippen MR) is 130 cm³/mol. The fourth-order valence-corrected chi connectivity index (χ4v) is 3.83. The second-order valence-corrected chi connectivity index (χ2v) is 8.43. The number of alkyl carbamates (subject to hydrolysis) is 1. The minimum atomic E-state index is -1.14. The zero-order valence-corrected chi connectivity index (χ0v) is 19.4. The number of aliphatic carboxylic acids is 1. The molecule has 184 valence electrons. The lowest BCUT2D eigenvalue weighted by Crippen LogP contribution is -2.47. The van der Waals surface area contributed by atoms with E-state index in [0.717, 1.165) is 48.4 Å². The van der Waals surface area contributed by atoms with Gasteiger partial charge in [-0.3, -0.25) is 4.68 Å². The minimum Gasteiger partial charge on any atom is -0.480 e. The maximum absolute atomic E-state index is 12.0. The fraction of sp³-hybridized carbons (Fsp3) is 0.360. The summed E-state index contributed by atoms with van der Waals surface area (Å²) in [5.74, 6) is -0.151. The molecule has 4 rings (SSSR count). The monoisotopic (exact) mass is 478 g/mol. The Kier molecular flexibility index (Phi) is 8.29. The third kappa shape index (κ3) is 7.28. The summed E-state index contributed by atoms with van der Waals surface area (Å²) in [5, 5.41) is 22.6. The number of hydrogen-bond donors (Lipinski definition) is 4. The number of fused-ring (bicyclic) bond motifs is 1. The molecular weight excluding hydrogens is 448 g/mol. The van der Waals surface area contributed by atoms with Gasteiger partial charge in [0.1, 0.15) is 18.5 Å². The van der Waals surface area contributed by atoms with Crippen LogP contribution in [0, 0.1) is 0 Å². The van der Waals surface area contributed by atoms with E-state index in [0.29, 0.717) is 13.1 Å². The number of aryl methyl sites for hydroxylation is 3. The molecule has 3 aromatic rings. The van der Waals surface area contributed by atoms with Gasteiger partial charge in [0.15, 0.2) is 0 Å². The number of ether oxygens (including phenoxy) is 1. The van der Waals surface area contributed by atoms with E-state index in [1.165, 1.54) is 5.56 Å². The smallest absolute Gasteiger partial charge is 0.408 e. The third-order valence-electron chi connectivity index (χ3n) is 5.72. The molecule has 0 fully saturated rings. The van der Waals surface area contributed by atoms with Crippen LogP contribution >= 0.6 is 0 Å². The first kappa shape index (κ1) is 24.2. The van der Waals surface area contributed by atoms with Crippen molar-refractivity contribution in [1.82, 2.24) is 25.4 Å². The Morgan fingerprint density at radius 3 is 2.86 bits per heavy atom. The summed E-state index contributed by atoms with van der Waals surface area (Å²) >= 11 is 0. The standard InChI is InChI=1S/C25H30N6O4/c32-24(33)22(30-25(34)35-17-18-5-2-1-3-6-18)15-26-13-19-14-28-31(16-19)12-10-21-9-8-20-7-4-11-27-23(20)29-21/h1-3,5-6,8-9,14,16,22,26H,4,7,10-13,15,17H2,(H,27,29)(H,30,34)(H,32,33)/t22-/m0/s1. The number of anilines is 1. The van der Waals surface area contributed by atoms with Gasteiger partial charge in [0.2, 0.25) is 0 Å². The number of rotatable bonds is 11. The van der Waals surface area contributed by atoms with Crippen molar-refractivity contribution >= 4 is 17.9 Å². The molecule has 2 aromatic heterocycles. The van der Waals surface area contributed by atoms with Gasteiger partial charge in [-0.05, 0) is 30.0 Å². The van der Waals surface area contributed by atoms with Gasteiger partial charge in [0.25, 0.3) is 0 Å². The average Bonchev–Trinajstić information content (AvgIpc) is 3.33. The van der Waals surface area contributed by atoms with E-state index in [1.807, 2.05) is 41.2 Å². The summed E-state index contributed by atoms with van der Waals surface area (Å²) in [5.41, 5.74) is 4.03. The van der Waals surface area contributed by atoms with Crippen LogP contribution in [0.2, 0.25) is 0 Å². The van der Waals surface area contributed by atoms with Crippen LogP contribution in [-0.2, 0) is 42.1 Å². The van der Waals surface area contributed by atoms with E-state index in [2.05, 4.69) is 33.2 Å². The van der Waals surface area contributed by atoms with Crippen LogP contribution in [0.25, 0.3) is 0 Å². The Morgan fingerprint density at radius 2 is 2.03 bits per heavy atom. The van der Waals surface area contributed by atoms with Gasteiger partial charge < -0.3 is 25.8 Å². The number of aromatic nitrogens is 3. The maximum atomic E-state index is 12.0. The van der Waals surface area contributed by atoms with Crippen molar-refractivity contribution < 1.29 is 19.4 Å². The van der Waals surface area contributed by atoms with Crippen molar-refractivity contribution in [3.63, 3.8) is 0 Å². The van der Waals surface area contributed by atoms with E-state index in [9.17, 15) is 14.7 Å². The van der Waals surface area contributed by atoms with Gasteiger partial charge >= 0.3 is 12.1 Å². The first-order chi connectivity index (χ1) is 17.1. The van der Waals surface area contributed by atoms with Gasteiger partial charge in [0.05, 0.1) is 6.20 Å². The molecule has 1 atom stereocenters. The van der Waals surface area contributed by atoms with Crippen LogP contribution in [0.3, 0.4) is 0 Å². The summed E-state index contributed by atoms with van der Waals surface area (Å²) in [6.07, 6.45) is 5.85. The fourth-order valence-electron chi connectivity index (χ4n) is 3.83. The number of benzene rings is 1. The molecule has 0 spiro atoms. The lowest BCUT2D eigenvalue weighted by atomic mass is 10.1. The highest BCUT2D eigenvalue weighted by atomic mass is 16.5. The Labute approximate surface area is 203 Å². The largest absolute Gasteiger partial charge is 0.480 e. The molecule has 35 heavy (non-hydrogen) atoms. The van der Waals surface area contributed by atoms with E-state index in [1.54, 1.807) is 6.20 Å². The topological polar surface area (TPSA) is 130 Å². The molecule has 1 aliphatic rings. The molecule has 0 unspecified atom stereocenters. The lowest BCUT2D eigenvalue weighted by molar-refractivity contribution is -0.139. The summed E-state index contributed by atoms with van der Waals surface area (Å²) in [6.45, 7) is 2.20. The number of nitrogens with one attached hydrogen (secondary N) is 3. The average molecular weight is 479 g/mol. The van der Waals surface area contributed by atoms with E-state index < -0.39 is 18.1 Å². The number of carbonyl (C=O) groups is 2. The number of carboxylic acid groups (broad SMARTS) is 1. The van der Waals surface area contributed by atoms with Crippen molar-refractivity contribution in [3.8, 4) is 0 Å². The van der Waals surface area contributed by atoms with Gasteiger partial charge in [0, 0.05) is 50.1 Å². The molecule has 1 aliphatic heterocycles. The summed E-state index contributed by atoms with van der Waals surface area (Å²) in [7, 11) is 0. The summed E-state index contributed by atoms with van der Waals surface area (Å²) < 4.78 is 6.95. The number of hydrogen-bond acceptors (Lipinski definition) is 7. The minimum absolute atomic E-state index is 0.0486. The van der Waals surface area contributed by atoms with Crippen molar-refractivity contribution in [3.05, 3.63) is 77.2 Å². The first-order valence-corrected chi connectivity index (χ1v) is 11.7. The van der Waals surface area contributed by atoms with E-state index in [-0.39, 0.29) is 13.2 Å². The molecule has 10 nitrogen and oxygen atoms in total. The van der Waals surface area contributed by atoms with Gasteiger partial charge in [-0.25, -0.2) is 14.6 Å². The lowest BCUT2D eigenvalue weighted by Gasteiger charge is -2.17. The summed E-state index contributed by atoms with van der Waals surface area (Å²) in [6, 6.07) is 12.3. The van der Waals surface area contributed by atoms with Crippen molar-refractivity contribution in [1.29, 1.82) is 0 Å². The number of carboxylic acids is 1. The molecule has 0 saturated heterocycles. The third-order valence-corrected chi connectivity index (χ3v) is 5.72. The summed E-state index contributed by atoms with van der Waals surface area (Å²) in [4.78, 5) is 28.2. The predicted octanol–water partition coefficient (Wildman–Crippen LogP) is 2.35. The maximum Gasteiger partial charge on any atom is 0.408 e. The van der Waals surface area contributed by atoms with Gasteiger partial charge in [-0.2, -0.15) is 5.10 Å². The second-order valence-electron chi connectivity index (χ2n) is 8.43. The normalized spacial score (nSPS) is 13.4. The first-order valence-electron chi connectivity index (χ1n) is 11.7. The Bertz CT molecular complexity index is 1130. The number of pyridine rings is 1. The van der Waals surface area contributed by atoms with Crippen LogP contribution in [0.15, 0.2) is 54.9 Å². The number of nitrogens with zero attached hydrogens (tertiary/aromatic N) is 3. The van der Waals surface area contributed by atoms with Gasteiger partial charge in [-0.15, -0.1) is 0 Å². The quantitative estimate of drug-likeness (QED) is 0.330. The highest BCUT2D eigenvalue weighted by Crippen LogP contribution is 2.20.